The lowest BCUT2D eigenvalue weighted by molar-refractivity contribution is -0.123. The summed E-state index contributed by atoms with van der Waals surface area (Å²) < 4.78 is 28.6. The summed E-state index contributed by atoms with van der Waals surface area (Å²) in [6.45, 7) is 3.78. The van der Waals surface area contributed by atoms with Gasteiger partial charge in [-0.3, -0.25) is 14.5 Å². The van der Waals surface area contributed by atoms with Crippen molar-refractivity contribution >= 4 is 23.1 Å². The number of nitrogens with two attached hydrogens (primary N) is 1. The van der Waals surface area contributed by atoms with Gasteiger partial charge in [0.2, 0.25) is 5.91 Å². The molecule has 1 atom stereocenters. The third-order valence-corrected chi connectivity index (χ3v) is 6.55. The molecule has 1 aliphatic carbocycles. The summed E-state index contributed by atoms with van der Waals surface area (Å²) in [5, 5.41) is 13.0. The summed E-state index contributed by atoms with van der Waals surface area (Å²) in [5.41, 5.74) is 5.36. The Kier molecular flexibility index (Phi) is 4.27. The number of nitrogens with one attached hydrogen (secondary N) is 1. The quantitative estimate of drug-likeness (QED) is 0.690. The van der Waals surface area contributed by atoms with E-state index in [9.17, 15) is 23.6 Å². The first kappa shape index (κ1) is 20.9. The van der Waals surface area contributed by atoms with Gasteiger partial charge in [-0.25, -0.2) is 8.78 Å². The number of halogens is 2. The van der Waals surface area contributed by atoms with E-state index in [0.717, 1.165) is 6.07 Å². The maximum Gasteiger partial charge on any atom is 0.245 e. The standard InChI is InChI=1S/C25H20F2N4O2/c1-24(2)10-19-21(20(32)11-24)25(14-5-3-4-6-17(14)30-23(25)33)15(12-28)22(29)31(19)18-8-7-13(26)9-16(18)27/h3-9H,10-11,29H2,1-2H3,(H,30,33). The van der Waals surface area contributed by atoms with E-state index in [1.54, 1.807) is 24.3 Å². The Bertz CT molecular complexity index is 1370. The van der Waals surface area contributed by atoms with Crippen molar-refractivity contribution < 1.29 is 18.4 Å². The van der Waals surface area contributed by atoms with Gasteiger partial charge >= 0.3 is 0 Å². The number of nitriles is 1. The van der Waals surface area contributed by atoms with Gasteiger partial charge in [0.1, 0.15) is 28.9 Å². The van der Waals surface area contributed by atoms with Crippen LogP contribution >= 0.6 is 0 Å². The van der Waals surface area contributed by atoms with Gasteiger partial charge < -0.3 is 11.1 Å². The van der Waals surface area contributed by atoms with Gasteiger partial charge in [0.05, 0.1) is 11.3 Å². The lowest BCUT2D eigenvalue weighted by Gasteiger charge is -2.46. The van der Waals surface area contributed by atoms with Gasteiger partial charge in [-0.1, -0.05) is 32.0 Å². The van der Waals surface area contributed by atoms with E-state index < -0.39 is 28.4 Å². The first-order valence-corrected chi connectivity index (χ1v) is 10.4. The molecule has 2 aromatic carbocycles. The Morgan fingerprint density at radius 2 is 1.85 bits per heavy atom. The van der Waals surface area contributed by atoms with Crippen molar-refractivity contribution in [2.24, 2.45) is 11.1 Å². The molecule has 3 aliphatic rings. The van der Waals surface area contributed by atoms with Crippen LogP contribution < -0.4 is 16.0 Å². The van der Waals surface area contributed by atoms with E-state index in [1.165, 1.54) is 11.0 Å². The fourth-order valence-corrected chi connectivity index (χ4v) is 5.31. The molecule has 2 heterocycles. The van der Waals surface area contributed by atoms with Gasteiger partial charge in [0.15, 0.2) is 5.78 Å². The molecule has 33 heavy (non-hydrogen) atoms. The SMILES string of the molecule is CC1(C)CC(=O)C2=C(C1)N(c1ccc(F)cc1F)C(N)=C(C#N)C21C(=O)Nc2ccccc21. The van der Waals surface area contributed by atoms with E-state index in [-0.39, 0.29) is 34.9 Å². The first-order valence-electron chi connectivity index (χ1n) is 10.4. The molecule has 1 amide bonds. The number of anilines is 2. The molecule has 3 N–H and O–H groups in total. The molecule has 1 spiro atoms. The number of carbonyl (C=O) groups excluding carboxylic acids is 2. The zero-order chi connectivity index (χ0) is 23.7. The number of carbonyl (C=O) groups is 2. The van der Waals surface area contributed by atoms with Crippen LogP contribution in [0.3, 0.4) is 0 Å². The van der Waals surface area contributed by atoms with E-state index >= 15 is 0 Å². The van der Waals surface area contributed by atoms with Gasteiger partial charge in [-0.05, 0) is 30.0 Å². The Labute approximate surface area is 189 Å². The molecule has 166 valence electrons. The molecule has 0 aromatic heterocycles. The highest BCUT2D eigenvalue weighted by Crippen LogP contribution is 2.57. The van der Waals surface area contributed by atoms with E-state index in [1.807, 2.05) is 19.9 Å². The third kappa shape index (κ3) is 2.68. The summed E-state index contributed by atoms with van der Waals surface area (Å²) >= 11 is 0. The van der Waals surface area contributed by atoms with Gasteiger partial charge in [-0.2, -0.15) is 5.26 Å². The molecular weight excluding hydrogens is 426 g/mol. The number of fused-ring (bicyclic) bond motifs is 3. The number of para-hydroxylation sites is 1. The average molecular weight is 446 g/mol. The number of hydrogen-bond acceptors (Lipinski definition) is 5. The van der Waals surface area contributed by atoms with Crippen LogP contribution in [0.5, 0.6) is 0 Å². The fraction of sp³-hybridized carbons (Fsp3) is 0.240. The minimum atomic E-state index is -1.73. The number of allylic oxidation sites excluding steroid dienone is 1. The number of rotatable bonds is 1. The average Bonchev–Trinajstić information content (AvgIpc) is 3.01. The highest BCUT2D eigenvalue weighted by molar-refractivity contribution is 6.20. The van der Waals surface area contributed by atoms with Crippen molar-refractivity contribution in [1.82, 2.24) is 0 Å². The minimum Gasteiger partial charge on any atom is -0.384 e. The Hall–Kier alpha value is -3.99. The van der Waals surface area contributed by atoms with Crippen LogP contribution in [0.15, 0.2) is 65.1 Å². The van der Waals surface area contributed by atoms with E-state index in [2.05, 4.69) is 5.32 Å². The number of nitrogens with zero attached hydrogens (tertiary/aromatic N) is 2. The number of hydrogen-bond donors (Lipinski definition) is 2. The molecule has 0 radical (unpaired) electrons. The second kappa shape index (κ2) is 6.75. The predicted octanol–water partition coefficient (Wildman–Crippen LogP) is 4.01. The molecule has 2 aliphatic heterocycles. The Balaban J connectivity index is 1.91. The molecular formula is C25H20F2N4O2. The molecule has 5 rings (SSSR count). The highest BCUT2D eigenvalue weighted by Gasteiger charge is 2.61. The molecule has 0 saturated heterocycles. The summed E-state index contributed by atoms with van der Waals surface area (Å²) in [4.78, 5) is 28.5. The number of Topliss-reactive ketones (excluding diaryl/α,β-unsaturated/α-hetero) is 1. The molecule has 0 bridgehead atoms. The Morgan fingerprint density at radius 3 is 2.55 bits per heavy atom. The second-order valence-corrected chi connectivity index (χ2v) is 9.32. The van der Waals surface area contributed by atoms with E-state index in [0.29, 0.717) is 29.4 Å². The monoisotopic (exact) mass is 446 g/mol. The van der Waals surface area contributed by atoms with Crippen LogP contribution in [0.2, 0.25) is 0 Å². The summed E-state index contributed by atoms with van der Waals surface area (Å²) in [6, 6.07) is 11.9. The maximum atomic E-state index is 14.9. The van der Waals surface area contributed by atoms with Crippen LogP contribution in [-0.4, -0.2) is 11.7 Å². The maximum absolute atomic E-state index is 14.9. The topological polar surface area (TPSA) is 99.2 Å². The summed E-state index contributed by atoms with van der Waals surface area (Å²) in [5.74, 6) is -2.71. The van der Waals surface area contributed by atoms with Crippen LogP contribution in [0.1, 0.15) is 32.3 Å². The lowest BCUT2D eigenvalue weighted by atomic mass is 9.61. The molecule has 2 aromatic rings. The van der Waals surface area contributed by atoms with Crippen molar-refractivity contribution in [2.75, 3.05) is 10.2 Å². The molecule has 8 heteroatoms. The molecule has 1 unspecified atom stereocenters. The minimum absolute atomic E-state index is 0.0961. The predicted molar refractivity (Wildman–Crippen MR) is 117 cm³/mol. The number of benzene rings is 2. The van der Waals surface area contributed by atoms with E-state index in [4.69, 9.17) is 5.73 Å². The van der Waals surface area contributed by atoms with Crippen LogP contribution in [-0.2, 0) is 15.0 Å². The molecule has 0 saturated carbocycles. The molecule has 0 fully saturated rings. The van der Waals surface area contributed by atoms with Crippen molar-refractivity contribution in [3.63, 3.8) is 0 Å². The fourth-order valence-electron chi connectivity index (χ4n) is 5.31. The van der Waals surface area contributed by atoms with Crippen LogP contribution in [0.25, 0.3) is 0 Å². The largest absolute Gasteiger partial charge is 0.384 e. The highest BCUT2D eigenvalue weighted by atomic mass is 19.1. The first-order chi connectivity index (χ1) is 15.6. The lowest BCUT2D eigenvalue weighted by Crippen LogP contribution is -2.52. The van der Waals surface area contributed by atoms with Crippen molar-refractivity contribution in [1.29, 1.82) is 5.26 Å². The number of amides is 1. The Morgan fingerprint density at radius 1 is 1.12 bits per heavy atom. The summed E-state index contributed by atoms with van der Waals surface area (Å²) in [7, 11) is 0. The number of ketones is 1. The third-order valence-electron chi connectivity index (χ3n) is 6.55. The van der Waals surface area contributed by atoms with Crippen molar-refractivity contribution in [3.05, 3.63) is 82.3 Å². The summed E-state index contributed by atoms with van der Waals surface area (Å²) in [6.07, 6.45) is 0.433. The zero-order valence-electron chi connectivity index (χ0n) is 18.0. The van der Waals surface area contributed by atoms with Crippen molar-refractivity contribution in [2.45, 2.75) is 32.1 Å². The van der Waals surface area contributed by atoms with Gasteiger partial charge in [-0.15, -0.1) is 0 Å². The van der Waals surface area contributed by atoms with Gasteiger partial charge in [0, 0.05) is 35.0 Å². The normalized spacial score (nSPS) is 23.4. The van der Waals surface area contributed by atoms with Crippen molar-refractivity contribution in [3.8, 4) is 6.07 Å². The smallest absolute Gasteiger partial charge is 0.245 e. The van der Waals surface area contributed by atoms with Crippen LogP contribution in [0.4, 0.5) is 20.2 Å². The second-order valence-electron chi connectivity index (χ2n) is 9.32. The molecule has 6 nitrogen and oxygen atoms in total. The van der Waals surface area contributed by atoms with Crippen LogP contribution in [0, 0.1) is 28.4 Å². The zero-order valence-corrected chi connectivity index (χ0v) is 18.0. The van der Waals surface area contributed by atoms with Gasteiger partial charge in [0.25, 0.3) is 0 Å².